The van der Waals surface area contributed by atoms with Crippen LogP contribution in [0, 0.1) is 5.82 Å². The molecular formula is C24H21FN6O3. The summed E-state index contributed by atoms with van der Waals surface area (Å²) in [5.74, 6) is -0.187. The number of fused-ring (bicyclic) bond motifs is 1. The minimum atomic E-state index is -0.466. The fourth-order valence-corrected chi connectivity index (χ4v) is 3.93. The Morgan fingerprint density at radius 2 is 2.03 bits per heavy atom. The number of nitrogens with one attached hydrogen (secondary N) is 3. The maximum Gasteiger partial charge on any atom is 0.256 e. The fourth-order valence-electron chi connectivity index (χ4n) is 3.93. The van der Waals surface area contributed by atoms with Gasteiger partial charge in [-0.15, -0.1) is 0 Å². The Hall–Kier alpha value is -4.47. The molecule has 5 rings (SSSR count). The van der Waals surface area contributed by atoms with E-state index in [0.29, 0.717) is 46.8 Å². The Morgan fingerprint density at radius 3 is 2.79 bits per heavy atom. The Kier molecular flexibility index (Phi) is 5.54. The number of rotatable bonds is 5. The summed E-state index contributed by atoms with van der Waals surface area (Å²) >= 11 is 0. The third-order valence-corrected chi connectivity index (χ3v) is 5.66. The molecule has 2 amide bonds. The van der Waals surface area contributed by atoms with Crippen molar-refractivity contribution in [2.75, 3.05) is 37.0 Å². The van der Waals surface area contributed by atoms with Crippen molar-refractivity contribution in [3.8, 4) is 17.0 Å². The minimum absolute atomic E-state index is 0.0275. The zero-order valence-electron chi connectivity index (χ0n) is 18.3. The van der Waals surface area contributed by atoms with E-state index < -0.39 is 5.82 Å². The number of carbonyl (C=O) groups excluding carboxylic acids is 2. The molecule has 34 heavy (non-hydrogen) atoms. The van der Waals surface area contributed by atoms with Crippen molar-refractivity contribution in [1.82, 2.24) is 20.5 Å². The van der Waals surface area contributed by atoms with Crippen LogP contribution in [0.25, 0.3) is 22.2 Å². The zero-order chi connectivity index (χ0) is 23.7. The van der Waals surface area contributed by atoms with Crippen LogP contribution in [0.5, 0.6) is 5.75 Å². The van der Waals surface area contributed by atoms with Crippen LogP contribution in [-0.4, -0.2) is 53.7 Å². The predicted octanol–water partition coefficient (Wildman–Crippen LogP) is 2.96. The van der Waals surface area contributed by atoms with E-state index in [-0.39, 0.29) is 23.9 Å². The van der Waals surface area contributed by atoms with Gasteiger partial charge in [0.15, 0.2) is 5.82 Å². The highest BCUT2D eigenvalue weighted by molar-refractivity contribution is 6.08. The minimum Gasteiger partial charge on any atom is -0.496 e. The lowest BCUT2D eigenvalue weighted by Gasteiger charge is -2.28. The molecule has 0 bridgehead atoms. The van der Waals surface area contributed by atoms with Crippen molar-refractivity contribution in [2.24, 2.45) is 0 Å². The largest absolute Gasteiger partial charge is 0.496 e. The summed E-state index contributed by atoms with van der Waals surface area (Å²) in [6.07, 6.45) is 1.53. The van der Waals surface area contributed by atoms with Crippen molar-refractivity contribution in [1.29, 1.82) is 0 Å². The average molecular weight is 460 g/mol. The molecule has 1 aliphatic heterocycles. The first-order valence-corrected chi connectivity index (χ1v) is 10.6. The lowest BCUT2D eigenvalue weighted by molar-refractivity contribution is -0.120. The second-order valence-corrected chi connectivity index (χ2v) is 7.78. The molecule has 0 radical (unpaired) electrons. The Bertz CT molecular complexity index is 1390. The summed E-state index contributed by atoms with van der Waals surface area (Å²) in [5, 5.41) is 13.2. The topological polar surface area (TPSA) is 112 Å². The molecule has 2 aromatic heterocycles. The number of amides is 2. The highest BCUT2D eigenvalue weighted by Crippen LogP contribution is 2.33. The van der Waals surface area contributed by atoms with Gasteiger partial charge in [0.05, 0.1) is 36.6 Å². The highest BCUT2D eigenvalue weighted by atomic mass is 19.1. The number of hydrogen-bond donors (Lipinski definition) is 3. The molecule has 3 heterocycles. The van der Waals surface area contributed by atoms with E-state index in [0.717, 1.165) is 5.69 Å². The molecule has 4 aromatic rings. The fraction of sp³-hybridized carbons (Fsp3) is 0.167. The van der Waals surface area contributed by atoms with Gasteiger partial charge in [-0.25, -0.2) is 4.39 Å². The first kappa shape index (κ1) is 21.4. The van der Waals surface area contributed by atoms with Crippen molar-refractivity contribution in [2.45, 2.75) is 0 Å². The molecule has 1 fully saturated rings. The van der Waals surface area contributed by atoms with Gasteiger partial charge in [-0.05, 0) is 42.5 Å². The zero-order valence-corrected chi connectivity index (χ0v) is 18.3. The number of aromatic amines is 1. The molecule has 1 saturated heterocycles. The first-order chi connectivity index (χ1) is 16.5. The average Bonchev–Trinajstić information content (AvgIpc) is 3.25. The number of methoxy groups -OCH3 is 1. The lowest BCUT2D eigenvalue weighted by Crippen LogP contribution is -2.47. The second-order valence-electron chi connectivity index (χ2n) is 7.78. The van der Waals surface area contributed by atoms with Gasteiger partial charge >= 0.3 is 0 Å². The van der Waals surface area contributed by atoms with Crippen molar-refractivity contribution in [3.63, 3.8) is 0 Å². The van der Waals surface area contributed by atoms with Crippen molar-refractivity contribution in [3.05, 3.63) is 66.1 Å². The van der Waals surface area contributed by atoms with E-state index in [4.69, 9.17) is 4.74 Å². The number of ether oxygens (including phenoxy) is 1. The number of pyridine rings is 1. The van der Waals surface area contributed by atoms with E-state index in [1.807, 2.05) is 17.0 Å². The third-order valence-electron chi connectivity index (χ3n) is 5.66. The van der Waals surface area contributed by atoms with Gasteiger partial charge in [0, 0.05) is 29.7 Å². The number of benzene rings is 2. The normalized spacial score (nSPS) is 13.6. The molecule has 0 unspecified atom stereocenters. The molecule has 172 valence electrons. The number of aromatic nitrogens is 3. The molecule has 0 spiro atoms. The van der Waals surface area contributed by atoms with E-state index >= 15 is 0 Å². The summed E-state index contributed by atoms with van der Waals surface area (Å²) in [7, 11) is 1.46. The van der Waals surface area contributed by atoms with Crippen LogP contribution >= 0.6 is 0 Å². The van der Waals surface area contributed by atoms with Crippen LogP contribution < -0.4 is 20.3 Å². The molecule has 1 aliphatic rings. The molecule has 2 aromatic carbocycles. The van der Waals surface area contributed by atoms with Gasteiger partial charge in [0.25, 0.3) is 5.91 Å². The SMILES string of the molecule is COc1cccc(F)c1-c1cc2c(NC(=O)c3ccc(N4CCNC(=O)C4)cc3)n[nH]c2cn1. The predicted molar refractivity (Wildman–Crippen MR) is 125 cm³/mol. The van der Waals surface area contributed by atoms with Crippen LogP contribution in [0.3, 0.4) is 0 Å². The molecule has 0 aliphatic carbocycles. The lowest BCUT2D eigenvalue weighted by atomic mass is 10.1. The molecule has 9 nitrogen and oxygen atoms in total. The van der Waals surface area contributed by atoms with Crippen LogP contribution in [0.4, 0.5) is 15.9 Å². The number of hydrogen-bond acceptors (Lipinski definition) is 6. The highest BCUT2D eigenvalue weighted by Gasteiger charge is 2.19. The molecule has 3 N–H and O–H groups in total. The quantitative estimate of drug-likeness (QED) is 0.422. The molecule has 0 saturated carbocycles. The Balaban J connectivity index is 1.39. The maximum atomic E-state index is 14.5. The van der Waals surface area contributed by atoms with E-state index in [9.17, 15) is 14.0 Å². The number of piperazine rings is 1. The van der Waals surface area contributed by atoms with Crippen LogP contribution in [-0.2, 0) is 4.79 Å². The van der Waals surface area contributed by atoms with Gasteiger partial charge in [-0.1, -0.05) is 6.07 Å². The van der Waals surface area contributed by atoms with Crippen LogP contribution in [0.1, 0.15) is 10.4 Å². The summed E-state index contributed by atoms with van der Waals surface area (Å²) in [4.78, 5) is 30.8. The summed E-state index contributed by atoms with van der Waals surface area (Å²) in [6.45, 7) is 1.58. The summed E-state index contributed by atoms with van der Waals surface area (Å²) in [5.41, 5.74) is 2.48. The monoisotopic (exact) mass is 460 g/mol. The van der Waals surface area contributed by atoms with E-state index in [1.54, 1.807) is 30.3 Å². The van der Waals surface area contributed by atoms with Gasteiger partial charge in [0.1, 0.15) is 11.6 Å². The molecule has 10 heteroatoms. The van der Waals surface area contributed by atoms with E-state index in [1.165, 1.54) is 19.4 Å². The number of halogens is 1. The number of H-pyrrole nitrogens is 1. The van der Waals surface area contributed by atoms with Gasteiger partial charge in [0.2, 0.25) is 5.91 Å². The number of carbonyl (C=O) groups is 2. The number of anilines is 2. The maximum absolute atomic E-state index is 14.5. The van der Waals surface area contributed by atoms with Crippen LogP contribution in [0.2, 0.25) is 0 Å². The standard InChI is InChI=1S/C24H21FN6O3/c1-34-20-4-2-3-17(25)22(20)18-11-16-19(12-27-18)29-30-23(16)28-24(33)14-5-7-15(8-6-14)31-10-9-26-21(32)13-31/h2-8,11-12H,9-10,13H2,1H3,(H,26,32)(H2,28,29,30,33). The Labute approximate surface area is 193 Å². The Morgan fingerprint density at radius 1 is 1.21 bits per heavy atom. The van der Waals surface area contributed by atoms with Crippen molar-refractivity contribution < 1.29 is 18.7 Å². The van der Waals surface area contributed by atoms with Gasteiger partial charge < -0.3 is 20.3 Å². The smallest absolute Gasteiger partial charge is 0.256 e. The van der Waals surface area contributed by atoms with Gasteiger partial charge in [-0.2, -0.15) is 5.10 Å². The molecule has 0 atom stereocenters. The first-order valence-electron chi connectivity index (χ1n) is 10.6. The van der Waals surface area contributed by atoms with Crippen molar-refractivity contribution >= 4 is 34.2 Å². The third kappa shape index (κ3) is 4.01. The second kappa shape index (κ2) is 8.81. The summed E-state index contributed by atoms with van der Waals surface area (Å²) < 4.78 is 19.8. The number of nitrogens with zero attached hydrogens (tertiary/aromatic N) is 3. The van der Waals surface area contributed by atoms with E-state index in [2.05, 4.69) is 25.8 Å². The van der Waals surface area contributed by atoms with Gasteiger partial charge in [-0.3, -0.25) is 19.7 Å². The summed E-state index contributed by atoms with van der Waals surface area (Å²) in [6, 6.07) is 13.2. The molecular weight excluding hydrogens is 439 g/mol. The van der Waals surface area contributed by atoms with Crippen LogP contribution in [0.15, 0.2) is 54.7 Å².